The molecule has 4 heteroatoms. The summed E-state index contributed by atoms with van der Waals surface area (Å²) < 4.78 is 0. The van der Waals surface area contributed by atoms with Crippen LogP contribution in [0.5, 0.6) is 0 Å². The number of halogens is 1. The first-order chi connectivity index (χ1) is 7.47. The van der Waals surface area contributed by atoms with Crippen molar-refractivity contribution in [3.05, 3.63) is 39.4 Å². The average molecular weight is 286 g/mol. The monoisotopic (exact) mass is 285 g/mol. The van der Waals surface area contributed by atoms with Gasteiger partial charge >= 0.3 is 0 Å². The average Bonchev–Trinajstić information content (AvgIpc) is 2.20. The molecule has 0 saturated carbocycles. The van der Waals surface area contributed by atoms with E-state index >= 15 is 0 Å². The molecule has 0 aliphatic carbocycles. The predicted octanol–water partition coefficient (Wildman–Crippen LogP) is 4.18. The van der Waals surface area contributed by atoms with Crippen molar-refractivity contribution < 1.29 is 4.92 Å². The van der Waals surface area contributed by atoms with Gasteiger partial charge in [-0.2, -0.15) is 0 Å². The van der Waals surface area contributed by atoms with Gasteiger partial charge in [-0.3, -0.25) is 10.1 Å². The Morgan fingerprint density at radius 1 is 1.50 bits per heavy atom. The number of hydrogen-bond donors (Lipinski definition) is 0. The molecule has 2 atom stereocenters. The van der Waals surface area contributed by atoms with Gasteiger partial charge in [0.15, 0.2) is 0 Å². The lowest BCUT2D eigenvalue weighted by molar-refractivity contribution is -0.385. The fraction of sp³-hybridized carbons (Fsp3) is 0.500. The molecule has 88 valence electrons. The summed E-state index contributed by atoms with van der Waals surface area (Å²) >= 11 is 3.52. The highest BCUT2D eigenvalue weighted by atomic mass is 79.9. The van der Waals surface area contributed by atoms with E-state index < -0.39 is 0 Å². The predicted molar refractivity (Wildman–Crippen MR) is 69.3 cm³/mol. The van der Waals surface area contributed by atoms with Crippen LogP contribution in [-0.4, -0.2) is 9.75 Å². The van der Waals surface area contributed by atoms with Gasteiger partial charge in [0.2, 0.25) is 0 Å². The molecule has 0 radical (unpaired) electrons. The first kappa shape index (κ1) is 13.2. The number of nitrogens with zero attached hydrogens (tertiary/aromatic N) is 1. The normalized spacial score (nSPS) is 14.5. The summed E-state index contributed by atoms with van der Waals surface area (Å²) in [5, 5.41) is 11.0. The molecular weight excluding hydrogens is 270 g/mol. The molecule has 3 nitrogen and oxygen atoms in total. The van der Waals surface area contributed by atoms with Gasteiger partial charge in [0.05, 0.1) is 4.92 Å². The van der Waals surface area contributed by atoms with Crippen molar-refractivity contribution in [2.24, 2.45) is 0 Å². The fourth-order valence-corrected chi connectivity index (χ4v) is 2.58. The SMILES string of the molecule is CCC(c1ccc(C)cc1[N+](=O)[O-])C(C)Br. The summed E-state index contributed by atoms with van der Waals surface area (Å²) in [5.74, 6) is 0.181. The van der Waals surface area contributed by atoms with E-state index in [4.69, 9.17) is 0 Å². The van der Waals surface area contributed by atoms with Gasteiger partial charge in [0.1, 0.15) is 0 Å². The second kappa shape index (κ2) is 5.43. The Balaban J connectivity index is 3.26. The molecule has 0 aromatic heterocycles. The zero-order valence-electron chi connectivity index (χ0n) is 9.74. The van der Waals surface area contributed by atoms with Gasteiger partial charge in [-0.05, 0) is 18.9 Å². The van der Waals surface area contributed by atoms with E-state index in [0.717, 1.165) is 17.5 Å². The Hall–Kier alpha value is -0.900. The first-order valence-corrected chi connectivity index (χ1v) is 6.28. The minimum atomic E-state index is -0.291. The standard InChI is InChI=1S/C12H16BrNO2/c1-4-10(9(3)13)11-6-5-8(2)7-12(11)14(15)16/h5-7,9-10H,4H2,1-3H3. The molecule has 0 saturated heterocycles. The largest absolute Gasteiger partial charge is 0.273 e. The Morgan fingerprint density at radius 3 is 2.56 bits per heavy atom. The van der Waals surface area contributed by atoms with Gasteiger partial charge in [0, 0.05) is 22.4 Å². The van der Waals surface area contributed by atoms with Gasteiger partial charge in [-0.15, -0.1) is 0 Å². The van der Waals surface area contributed by atoms with Gasteiger partial charge in [-0.25, -0.2) is 0 Å². The lowest BCUT2D eigenvalue weighted by Crippen LogP contribution is -2.10. The number of rotatable bonds is 4. The lowest BCUT2D eigenvalue weighted by atomic mass is 9.92. The van der Waals surface area contributed by atoms with Gasteiger partial charge < -0.3 is 0 Å². The highest BCUT2D eigenvalue weighted by Gasteiger charge is 2.23. The van der Waals surface area contributed by atoms with E-state index in [1.807, 2.05) is 32.9 Å². The van der Waals surface area contributed by atoms with Crippen LogP contribution in [-0.2, 0) is 0 Å². The maximum atomic E-state index is 11.0. The van der Waals surface area contributed by atoms with Crippen LogP contribution in [0.1, 0.15) is 37.3 Å². The van der Waals surface area contributed by atoms with Gasteiger partial charge in [0.25, 0.3) is 5.69 Å². The third-order valence-corrected chi connectivity index (χ3v) is 3.41. The molecule has 1 aromatic rings. The molecule has 0 fully saturated rings. The Morgan fingerprint density at radius 2 is 2.12 bits per heavy atom. The zero-order valence-corrected chi connectivity index (χ0v) is 11.3. The molecule has 0 amide bonds. The summed E-state index contributed by atoms with van der Waals surface area (Å²) in [7, 11) is 0. The molecule has 1 rings (SSSR count). The highest BCUT2D eigenvalue weighted by Crippen LogP contribution is 2.34. The second-order valence-electron chi connectivity index (χ2n) is 4.01. The molecule has 0 aliphatic heterocycles. The molecule has 0 spiro atoms. The van der Waals surface area contributed by atoms with Crippen LogP contribution in [0.3, 0.4) is 0 Å². The van der Waals surface area contributed by atoms with Crippen LogP contribution in [0, 0.1) is 17.0 Å². The summed E-state index contributed by atoms with van der Waals surface area (Å²) in [6.45, 7) is 5.94. The fourth-order valence-electron chi connectivity index (χ4n) is 1.92. The number of benzene rings is 1. The molecule has 16 heavy (non-hydrogen) atoms. The number of nitro benzene ring substituents is 1. The number of aryl methyl sites for hydroxylation is 1. The summed E-state index contributed by atoms with van der Waals surface area (Å²) in [6.07, 6.45) is 0.885. The van der Waals surface area contributed by atoms with Crippen LogP contribution >= 0.6 is 15.9 Å². The van der Waals surface area contributed by atoms with Gasteiger partial charge in [-0.1, -0.05) is 41.9 Å². The van der Waals surface area contributed by atoms with Crippen molar-refractivity contribution in [2.45, 2.75) is 37.9 Å². The molecule has 1 aromatic carbocycles. The van der Waals surface area contributed by atoms with Crippen LogP contribution in [0.25, 0.3) is 0 Å². The van der Waals surface area contributed by atoms with Crippen molar-refractivity contribution in [1.82, 2.24) is 0 Å². The molecule has 0 N–H and O–H groups in total. The zero-order chi connectivity index (χ0) is 12.3. The minimum Gasteiger partial charge on any atom is -0.258 e. The maximum absolute atomic E-state index is 11.0. The van der Waals surface area contributed by atoms with E-state index in [9.17, 15) is 10.1 Å². The third kappa shape index (κ3) is 2.82. The van der Waals surface area contributed by atoms with Crippen molar-refractivity contribution in [3.8, 4) is 0 Å². The lowest BCUT2D eigenvalue weighted by Gasteiger charge is -2.18. The summed E-state index contributed by atoms with van der Waals surface area (Å²) in [6, 6.07) is 5.45. The van der Waals surface area contributed by atoms with E-state index in [0.29, 0.717) is 0 Å². The summed E-state index contributed by atoms with van der Waals surface area (Å²) in [5.41, 5.74) is 1.98. The van der Waals surface area contributed by atoms with Crippen LogP contribution in [0.4, 0.5) is 5.69 Å². The number of hydrogen-bond acceptors (Lipinski definition) is 2. The molecule has 0 heterocycles. The van der Waals surface area contributed by atoms with Crippen LogP contribution in [0.15, 0.2) is 18.2 Å². The number of alkyl halides is 1. The van der Waals surface area contributed by atoms with E-state index in [1.54, 1.807) is 6.07 Å². The van der Waals surface area contributed by atoms with E-state index in [2.05, 4.69) is 15.9 Å². The van der Waals surface area contributed by atoms with Crippen LogP contribution in [0.2, 0.25) is 0 Å². The molecule has 0 bridgehead atoms. The second-order valence-corrected chi connectivity index (χ2v) is 5.46. The molecule has 2 unspecified atom stereocenters. The maximum Gasteiger partial charge on any atom is 0.273 e. The first-order valence-electron chi connectivity index (χ1n) is 5.36. The molecular formula is C12H16BrNO2. The van der Waals surface area contributed by atoms with Crippen molar-refractivity contribution >= 4 is 21.6 Å². The Kier molecular flexibility index (Phi) is 4.47. The van der Waals surface area contributed by atoms with Crippen LogP contribution < -0.4 is 0 Å². The van der Waals surface area contributed by atoms with E-state index in [1.165, 1.54) is 0 Å². The summed E-state index contributed by atoms with van der Waals surface area (Å²) in [4.78, 5) is 11.0. The van der Waals surface area contributed by atoms with E-state index in [-0.39, 0.29) is 21.4 Å². The molecule has 0 aliphatic rings. The van der Waals surface area contributed by atoms with Crippen molar-refractivity contribution in [1.29, 1.82) is 0 Å². The third-order valence-electron chi connectivity index (χ3n) is 2.78. The quantitative estimate of drug-likeness (QED) is 0.473. The Labute approximate surface area is 104 Å². The van der Waals surface area contributed by atoms with Crippen molar-refractivity contribution in [3.63, 3.8) is 0 Å². The minimum absolute atomic E-state index is 0.181. The smallest absolute Gasteiger partial charge is 0.258 e. The van der Waals surface area contributed by atoms with Crippen molar-refractivity contribution in [2.75, 3.05) is 0 Å². The topological polar surface area (TPSA) is 43.1 Å². The number of nitro groups is 1. The Bertz CT molecular complexity index is 391. The highest BCUT2D eigenvalue weighted by molar-refractivity contribution is 9.09.